The largest absolute Gasteiger partial charge is 0.324 e. The lowest BCUT2D eigenvalue weighted by Gasteiger charge is -2.14. The molecule has 0 saturated carbocycles. The standard InChI is InChI=1S/C16H17ClN2/c17-14-8-4-1-5-11(14)10-19-16-9-15(18)12-6-2-3-7-13(12)16/h1-8,15-16,19H,9-10,18H2. The molecule has 2 atom stereocenters. The predicted octanol–water partition coefficient (Wildman–Crippen LogP) is 3.57. The summed E-state index contributed by atoms with van der Waals surface area (Å²) in [5, 5.41) is 4.37. The minimum Gasteiger partial charge on any atom is -0.324 e. The van der Waals surface area contributed by atoms with E-state index in [0.29, 0.717) is 6.04 Å². The van der Waals surface area contributed by atoms with E-state index < -0.39 is 0 Å². The van der Waals surface area contributed by atoms with Gasteiger partial charge < -0.3 is 11.1 Å². The molecule has 98 valence electrons. The molecule has 0 heterocycles. The molecule has 2 unspecified atom stereocenters. The lowest BCUT2D eigenvalue weighted by molar-refractivity contribution is 0.498. The number of hydrogen-bond acceptors (Lipinski definition) is 2. The maximum absolute atomic E-state index is 6.17. The summed E-state index contributed by atoms with van der Waals surface area (Å²) < 4.78 is 0. The number of hydrogen-bond donors (Lipinski definition) is 2. The van der Waals surface area contributed by atoms with Gasteiger partial charge in [-0.25, -0.2) is 0 Å². The van der Waals surface area contributed by atoms with Gasteiger partial charge >= 0.3 is 0 Å². The number of halogens is 1. The Bertz CT molecular complexity index is 582. The average molecular weight is 273 g/mol. The topological polar surface area (TPSA) is 38.0 Å². The molecule has 0 aromatic heterocycles. The molecule has 3 N–H and O–H groups in total. The molecule has 0 amide bonds. The van der Waals surface area contributed by atoms with Gasteiger partial charge in [0.25, 0.3) is 0 Å². The van der Waals surface area contributed by atoms with E-state index >= 15 is 0 Å². The molecule has 3 heteroatoms. The van der Waals surface area contributed by atoms with E-state index in [4.69, 9.17) is 17.3 Å². The summed E-state index contributed by atoms with van der Waals surface area (Å²) >= 11 is 6.17. The first-order valence-corrected chi connectivity index (χ1v) is 6.94. The zero-order valence-corrected chi connectivity index (χ0v) is 11.4. The van der Waals surface area contributed by atoms with Crippen molar-refractivity contribution in [3.05, 3.63) is 70.2 Å². The highest BCUT2D eigenvalue weighted by atomic mass is 35.5. The van der Waals surface area contributed by atoms with Crippen molar-refractivity contribution < 1.29 is 0 Å². The van der Waals surface area contributed by atoms with Gasteiger partial charge in [-0.15, -0.1) is 0 Å². The normalized spacial score (nSPS) is 21.4. The fraction of sp³-hybridized carbons (Fsp3) is 0.250. The van der Waals surface area contributed by atoms with Crippen molar-refractivity contribution in [2.75, 3.05) is 0 Å². The van der Waals surface area contributed by atoms with Crippen LogP contribution in [0.4, 0.5) is 0 Å². The predicted molar refractivity (Wildman–Crippen MR) is 79.0 cm³/mol. The Kier molecular flexibility index (Phi) is 3.56. The van der Waals surface area contributed by atoms with Crippen LogP contribution in [0.3, 0.4) is 0 Å². The molecular weight excluding hydrogens is 256 g/mol. The average Bonchev–Trinajstić information content (AvgIpc) is 2.75. The summed E-state index contributed by atoms with van der Waals surface area (Å²) in [5.41, 5.74) is 9.88. The van der Waals surface area contributed by atoms with Gasteiger partial charge in [-0.05, 0) is 29.2 Å². The minimum absolute atomic E-state index is 0.139. The second-order valence-electron chi connectivity index (χ2n) is 5.00. The highest BCUT2D eigenvalue weighted by Gasteiger charge is 2.27. The van der Waals surface area contributed by atoms with E-state index in [9.17, 15) is 0 Å². The van der Waals surface area contributed by atoms with Crippen LogP contribution in [-0.2, 0) is 6.54 Å². The molecule has 2 aromatic rings. The van der Waals surface area contributed by atoms with Crippen LogP contribution in [0.25, 0.3) is 0 Å². The van der Waals surface area contributed by atoms with Crippen molar-refractivity contribution in [1.29, 1.82) is 0 Å². The molecule has 0 aliphatic heterocycles. The van der Waals surface area contributed by atoms with Crippen LogP contribution in [0.15, 0.2) is 48.5 Å². The minimum atomic E-state index is 0.139. The summed E-state index contributed by atoms with van der Waals surface area (Å²) in [6.07, 6.45) is 0.948. The van der Waals surface area contributed by atoms with Gasteiger partial charge in [0.15, 0.2) is 0 Å². The van der Waals surface area contributed by atoms with Gasteiger partial charge in [-0.1, -0.05) is 54.1 Å². The Morgan fingerprint density at radius 1 is 1.05 bits per heavy atom. The summed E-state index contributed by atoms with van der Waals surface area (Å²) in [7, 11) is 0. The molecule has 1 aliphatic carbocycles. The van der Waals surface area contributed by atoms with E-state index in [1.54, 1.807) is 0 Å². The third-order valence-corrected chi connectivity index (χ3v) is 4.13. The molecule has 2 aromatic carbocycles. The lowest BCUT2D eigenvalue weighted by atomic mass is 10.1. The van der Waals surface area contributed by atoms with Crippen molar-refractivity contribution in [2.24, 2.45) is 5.73 Å². The molecule has 0 bridgehead atoms. The summed E-state index contributed by atoms with van der Waals surface area (Å²) in [6, 6.07) is 16.8. The zero-order valence-electron chi connectivity index (χ0n) is 10.6. The number of benzene rings is 2. The second-order valence-corrected chi connectivity index (χ2v) is 5.40. The Morgan fingerprint density at radius 2 is 1.74 bits per heavy atom. The first-order valence-electron chi connectivity index (χ1n) is 6.57. The van der Waals surface area contributed by atoms with E-state index in [-0.39, 0.29) is 6.04 Å². The van der Waals surface area contributed by atoms with Crippen LogP contribution in [-0.4, -0.2) is 0 Å². The van der Waals surface area contributed by atoms with Gasteiger partial charge in [0.2, 0.25) is 0 Å². The Balaban J connectivity index is 1.74. The summed E-state index contributed by atoms with van der Waals surface area (Å²) in [4.78, 5) is 0. The van der Waals surface area contributed by atoms with E-state index in [0.717, 1.165) is 23.6 Å². The maximum Gasteiger partial charge on any atom is 0.0450 e. The molecule has 1 aliphatic rings. The number of rotatable bonds is 3. The van der Waals surface area contributed by atoms with Crippen LogP contribution in [0.1, 0.15) is 35.2 Å². The van der Waals surface area contributed by atoms with Gasteiger partial charge in [-0.3, -0.25) is 0 Å². The van der Waals surface area contributed by atoms with Gasteiger partial charge in [0.05, 0.1) is 0 Å². The quantitative estimate of drug-likeness (QED) is 0.896. The summed E-state index contributed by atoms with van der Waals surface area (Å²) in [5.74, 6) is 0. The van der Waals surface area contributed by atoms with Crippen molar-refractivity contribution in [3.8, 4) is 0 Å². The first kappa shape index (κ1) is 12.7. The van der Waals surface area contributed by atoms with E-state index in [2.05, 4.69) is 35.6 Å². The smallest absolute Gasteiger partial charge is 0.0450 e. The first-order chi connectivity index (χ1) is 9.25. The summed E-state index contributed by atoms with van der Waals surface area (Å²) in [6.45, 7) is 0.769. The molecule has 0 spiro atoms. The van der Waals surface area contributed by atoms with Crippen LogP contribution in [0, 0.1) is 0 Å². The number of fused-ring (bicyclic) bond motifs is 1. The van der Waals surface area contributed by atoms with Crippen molar-refractivity contribution in [3.63, 3.8) is 0 Å². The third-order valence-electron chi connectivity index (χ3n) is 3.76. The Hall–Kier alpha value is -1.35. The molecule has 19 heavy (non-hydrogen) atoms. The maximum atomic E-state index is 6.17. The van der Waals surface area contributed by atoms with Gasteiger partial charge in [-0.2, -0.15) is 0 Å². The number of nitrogens with two attached hydrogens (primary N) is 1. The van der Waals surface area contributed by atoms with Crippen LogP contribution >= 0.6 is 11.6 Å². The van der Waals surface area contributed by atoms with Crippen molar-refractivity contribution in [1.82, 2.24) is 5.32 Å². The van der Waals surface area contributed by atoms with Crippen LogP contribution in [0.5, 0.6) is 0 Å². The fourth-order valence-corrected chi connectivity index (χ4v) is 2.94. The monoisotopic (exact) mass is 272 g/mol. The van der Waals surface area contributed by atoms with E-state index in [1.165, 1.54) is 11.1 Å². The number of nitrogens with one attached hydrogen (secondary N) is 1. The molecule has 0 radical (unpaired) electrons. The molecular formula is C16H17ClN2. The molecule has 0 saturated heterocycles. The fourth-order valence-electron chi connectivity index (χ4n) is 2.74. The molecule has 2 nitrogen and oxygen atoms in total. The van der Waals surface area contributed by atoms with Gasteiger partial charge in [0.1, 0.15) is 0 Å². The highest BCUT2D eigenvalue weighted by Crippen LogP contribution is 2.37. The molecule has 3 rings (SSSR count). The SMILES string of the molecule is NC1CC(NCc2ccccc2Cl)c2ccccc21. The van der Waals surface area contributed by atoms with Crippen molar-refractivity contribution >= 4 is 11.6 Å². The highest BCUT2D eigenvalue weighted by molar-refractivity contribution is 6.31. The van der Waals surface area contributed by atoms with Gasteiger partial charge in [0, 0.05) is 23.7 Å². The zero-order chi connectivity index (χ0) is 13.2. The Labute approximate surface area is 118 Å². The van der Waals surface area contributed by atoms with Crippen LogP contribution < -0.4 is 11.1 Å². The lowest BCUT2D eigenvalue weighted by Crippen LogP contribution is -2.19. The van der Waals surface area contributed by atoms with Crippen LogP contribution in [0.2, 0.25) is 5.02 Å². The molecule has 0 fully saturated rings. The van der Waals surface area contributed by atoms with Crippen molar-refractivity contribution in [2.45, 2.75) is 25.0 Å². The second kappa shape index (κ2) is 5.33. The Morgan fingerprint density at radius 3 is 2.53 bits per heavy atom. The third kappa shape index (κ3) is 2.52. The van der Waals surface area contributed by atoms with E-state index in [1.807, 2.05) is 18.2 Å².